The molecule has 0 aliphatic rings. The number of benzene rings is 1. The zero-order valence-electron chi connectivity index (χ0n) is 11.5. The number of nitrogens with zero attached hydrogens (tertiary/aromatic N) is 2. The second kappa shape index (κ2) is 6.50. The highest BCUT2D eigenvalue weighted by molar-refractivity contribution is 6.37. The van der Waals surface area contributed by atoms with Crippen LogP contribution in [0.1, 0.15) is 28.0 Å². The molecule has 0 atom stereocenters. The first-order valence-corrected chi connectivity index (χ1v) is 6.44. The number of nitriles is 1. The van der Waals surface area contributed by atoms with Crippen LogP contribution in [0.25, 0.3) is 0 Å². The Labute approximate surface area is 126 Å². The van der Waals surface area contributed by atoms with E-state index in [4.69, 9.17) is 10.4 Å². The predicted molar refractivity (Wildman–Crippen MR) is 76.3 cm³/mol. The highest BCUT2D eigenvalue weighted by Gasteiger charge is 2.19. The molecule has 1 aromatic carbocycles. The van der Waals surface area contributed by atoms with Gasteiger partial charge in [0, 0.05) is 12.7 Å². The summed E-state index contributed by atoms with van der Waals surface area (Å²) in [6, 6.07) is 12.1. The van der Waals surface area contributed by atoms with E-state index >= 15 is 0 Å². The van der Waals surface area contributed by atoms with Gasteiger partial charge in [-0.1, -0.05) is 12.1 Å². The largest absolute Gasteiger partial charge is 0.475 e. The van der Waals surface area contributed by atoms with Crippen molar-refractivity contribution in [2.75, 3.05) is 0 Å². The van der Waals surface area contributed by atoms with Crippen LogP contribution in [0.4, 0.5) is 0 Å². The summed E-state index contributed by atoms with van der Waals surface area (Å²) in [5.41, 5.74) is 1.70. The van der Waals surface area contributed by atoms with Crippen LogP contribution in [-0.4, -0.2) is 27.2 Å². The fourth-order valence-electron chi connectivity index (χ4n) is 2.00. The first-order valence-electron chi connectivity index (χ1n) is 6.44. The van der Waals surface area contributed by atoms with E-state index in [1.807, 2.05) is 6.07 Å². The quantitative estimate of drug-likeness (QED) is 0.496. The monoisotopic (exact) mass is 296 g/mol. The van der Waals surface area contributed by atoms with Gasteiger partial charge in [0.2, 0.25) is 5.78 Å². The molecule has 0 radical (unpaired) electrons. The van der Waals surface area contributed by atoms with E-state index in [9.17, 15) is 14.4 Å². The molecule has 0 saturated carbocycles. The second-order valence-electron chi connectivity index (χ2n) is 4.66. The number of carbonyl (C=O) groups is 3. The summed E-state index contributed by atoms with van der Waals surface area (Å²) >= 11 is 0. The number of hydrogen-bond donors (Lipinski definition) is 1. The van der Waals surface area contributed by atoms with E-state index in [-0.39, 0.29) is 5.69 Å². The van der Waals surface area contributed by atoms with Gasteiger partial charge in [0.1, 0.15) is 0 Å². The average Bonchev–Trinajstić information content (AvgIpc) is 2.96. The Morgan fingerprint density at radius 1 is 1.14 bits per heavy atom. The van der Waals surface area contributed by atoms with Gasteiger partial charge in [-0.3, -0.25) is 9.59 Å². The molecule has 0 unspecified atom stereocenters. The van der Waals surface area contributed by atoms with Crippen LogP contribution >= 0.6 is 0 Å². The van der Waals surface area contributed by atoms with Crippen molar-refractivity contribution in [1.29, 1.82) is 5.26 Å². The summed E-state index contributed by atoms with van der Waals surface area (Å²) < 4.78 is 1.64. The van der Waals surface area contributed by atoms with E-state index in [1.165, 1.54) is 0 Å². The van der Waals surface area contributed by atoms with Gasteiger partial charge in [0.05, 0.1) is 23.7 Å². The second-order valence-corrected chi connectivity index (χ2v) is 4.66. The van der Waals surface area contributed by atoms with Crippen LogP contribution in [0.5, 0.6) is 0 Å². The van der Waals surface area contributed by atoms with Gasteiger partial charge in [0.25, 0.3) is 0 Å². The summed E-state index contributed by atoms with van der Waals surface area (Å²) in [6.45, 7) is 0.390. The molecule has 1 aromatic heterocycles. The summed E-state index contributed by atoms with van der Waals surface area (Å²) in [4.78, 5) is 33.6. The predicted octanol–water partition coefficient (Wildman–Crippen LogP) is 1.63. The summed E-state index contributed by atoms with van der Waals surface area (Å²) in [6.07, 6.45) is 1.02. The summed E-state index contributed by atoms with van der Waals surface area (Å²) in [5.74, 6) is -3.28. The Kier molecular flexibility index (Phi) is 4.49. The third-order valence-corrected chi connectivity index (χ3v) is 3.11. The molecule has 6 heteroatoms. The van der Waals surface area contributed by atoms with Crippen molar-refractivity contribution in [3.05, 3.63) is 59.4 Å². The zero-order valence-corrected chi connectivity index (χ0v) is 11.5. The molecule has 2 rings (SSSR count). The number of carboxylic acid groups (broad SMARTS) is 1. The molecule has 0 amide bonds. The van der Waals surface area contributed by atoms with E-state index in [0.717, 1.165) is 5.56 Å². The number of aliphatic carboxylic acids is 1. The van der Waals surface area contributed by atoms with Crippen molar-refractivity contribution < 1.29 is 19.5 Å². The lowest BCUT2D eigenvalue weighted by Crippen LogP contribution is -2.19. The normalized spacial score (nSPS) is 9.95. The van der Waals surface area contributed by atoms with Crippen LogP contribution < -0.4 is 0 Å². The molecule has 1 heterocycles. The Balaban J connectivity index is 2.15. The minimum absolute atomic E-state index is 0.277. The maximum Gasteiger partial charge on any atom is 0.372 e. The number of carboxylic acids is 1. The molecule has 22 heavy (non-hydrogen) atoms. The molecule has 110 valence electrons. The molecule has 0 spiro atoms. The van der Waals surface area contributed by atoms with Crippen molar-refractivity contribution in [3.63, 3.8) is 0 Å². The lowest BCUT2D eigenvalue weighted by Gasteiger charge is -2.08. The van der Waals surface area contributed by atoms with Crippen LogP contribution in [0, 0.1) is 11.3 Å². The smallest absolute Gasteiger partial charge is 0.372 e. The summed E-state index contributed by atoms with van der Waals surface area (Å²) in [5, 5.41) is 17.3. The first kappa shape index (κ1) is 15.2. The zero-order chi connectivity index (χ0) is 16.1. The van der Waals surface area contributed by atoms with Crippen LogP contribution in [0.3, 0.4) is 0 Å². The molecule has 0 aliphatic carbocycles. The fourth-order valence-corrected chi connectivity index (χ4v) is 2.00. The van der Waals surface area contributed by atoms with Gasteiger partial charge < -0.3 is 9.67 Å². The van der Waals surface area contributed by atoms with Crippen molar-refractivity contribution in [3.8, 4) is 6.07 Å². The Bertz CT molecular complexity index is 766. The third kappa shape index (κ3) is 3.46. The molecule has 0 bridgehead atoms. The van der Waals surface area contributed by atoms with E-state index in [2.05, 4.69) is 0 Å². The van der Waals surface area contributed by atoms with E-state index < -0.39 is 24.0 Å². The van der Waals surface area contributed by atoms with Gasteiger partial charge in [-0.15, -0.1) is 0 Å². The molecule has 1 N–H and O–H groups in total. The average molecular weight is 296 g/mol. The highest BCUT2D eigenvalue weighted by atomic mass is 16.4. The standard InChI is InChI=1S/C16H12N2O4/c17-9-11-3-5-12(6-4-11)10-18-7-1-2-13(18)14(19)8-15(20)16(21)22/h1-7H,8,10H2,(H,21,22). The van der Waals surface area contributed by atoms with Gasteiger partial charge in [-0.05, 0) is 29.8 Å². The fraction of sp³-hybridized carbons (Fsp3) is 0.125. The number of hydrogen-bond acceptors (Lipinski definition) is 4. The minimum atomic E-state index is -1.61. The Hall–Kier alpha value is -3.20. The van der Waals surface area contributed by atoms with Crippen LogP contribution in [-0.2, 0) is 16.1 Å². The number of ketones is 2. The third-order valence-electron chi connectivity index (χ3n) is 3.11. The van der Waals surface area contributed by atoms with Gasteiger partial charge >= 0.3 is 5.97 Å². The lowest BCUT2D eigenvalue weighted by molar-refractivity contribution is -0.148. The number of carbonyl (C=O) groups excluding carboxylic acids is 2. The maximum atomic E-state index is 12.0. The van der Waals surface area contributed by atoms with Crippen LogP contribution in [0.2, 0.25) is 0 Å². The topological polar surface area (TPSA) is 100 Å². The van der Waals surface area contributed by atoms with Crippen molar-refractivity contribution >= 4 is 17.5 Å². The van der Waals surface area contributed by atoms with Gasteiger partial charge in [-0.2, -0.15) is 5.26 Å². The molecule has 0 fully saturated rings. The van der Waals surface area contributed by atoms with Gasteiger partial charge in [0.15, 0.2) is 5.78 Å². The van der Waals surface area contributed by atoms with E-state index in [1.54, 1.807) is 47.2 Å². The molecular weight excluding hydrogens is 284 g/mol. The van der Waals surface area contributed by atoms with Crippen LogP contribution in [0.15, 0.2) is 42.6 Å². The Morgan fingerprint density at radius 3 is 2.41 bits per heavy atom. The highest BCUT2D eigenvalue weighted by Crippen LogP contribution is 2.11. The van der Waals surface area contributed by atoms with Crippen molar-refractivity contribution in [1.82, 2.24) is 4.57 Å². The number of rotatable bonds is 6. The molecule has 6 nitrogen and oxygen atoms in total. The number of aromatic nitrogens is 1. The van der Waals surface area contributed by atoms with Gasteiger partial charge in [-0.25, -0.2) is 4.79 Å². The minimum Gasteiger partial charge on any atom is -0.475 e. The summed E-state index contributed by atoms with van der Waals surface area (Å²) in [7, 11) is 0. The maximum absolute atomic E-state index is 12.0. The number of Topliss-reactive ketones (excluding diaryl/α,β-unsaturated/α-hetero) is 2. The van der Waals surface area contributed by atoms with Crippen molar-refractivity contribution in [2.24, 2.45) is 0 Å². The molecule has 2 aromatic rings. The SMILES string of the molecule is N#Cc1ccc(Cn2cccc2C(=O)CC(=O)C(=O)O)cc1. The van der Waals surface area contributed by atoms with Crippen molar-refractivity contribution in [2.45, 2.75) is 13.0 Å². The van der Waals surface area contributed by atoms with E-state index in [0.29, 0.717) is 12.1 Å². The molecule has 0 saturated heterocycles. The molecular formula is C16H12N2O4. The molecule has 0 aliphatic heterocycles. The first-order chi connectivity index (χ1) is 10.5. The lowest BCUT2D eigenvalue weighted by atomic mass is 10.1. The Morgan fingerprint density at radius 2 is 1.82 bits per heavy atom.